The van der Waals surface area contributed by atoms with Crippen LogP contribution in [-0.4, -0.2) is 90.9 Å². The topological polar surface area (TPSA) is 113 Å². The van der Waals surface area contributed by atoms with Crippen LogP contribution in [0.2, 0.25) is 5.02 Å². The maximum atomic E-state index is 13.1. The molecular weight excluding hydrogens is 740 g/mol. The van der Waals surface area contributed by atoms with Crippen LogP contribution in [0.5, 0.6) is 17.2 Å². The SMILES string of the molecule is C[C@@H](COc1ccnc2c1[C@H](C)CCC2)C[C@H]1Cc2cc3c(cc2C12CCC(Nc1cccc(Cl)c1)(C(=O)O)CC2)OCC(CN(C)CC1CC(=O)N(C)C1)CO3. The lowest BCUT2D eigenvalue weighted by Gasteiger charge is -2.47. The lowest BCUT2D eigenvalue weighted by Crippen LogP contribution is -2.53. The van der Waals surface area contributed by atoms with E-state index in [0.717, 1.165) is 81.1 Å². The normalized spacial score (nSPS) is 28.5. The van der Waals surface area contributed by atoms with Crippen molar-refractivity contribution in [2.45, 2.75) is 94.9 Å². The lowest BCUT2D eigenvalue weighted by molar-refractivity contribution is -0.144. The number of carboxylic acid groups (broad SMARTS) is 1. The number of likely N-dealkylation sites (tertiary alicyclic amines) is 1. The van der Waals surface area contributed by atoms with E-state index in [9.17, 15) is 14.7 Å². The number of halogens is 1. The quantitative estimate of drug-likeness (QED) is 0.188. The minimum Gasteiger partial charge on any atom is -0.493 e. The Morgan fingerprint density at radius 1 is 1.09 bits per heavy atom. The van der Waals surface area contributed by atoms with Crippen molar-refractivity contribution in [3.05, 3.63) is 76.1 Å². The fourth-order valence-electron chi connectivity index (χ4n) is 10.9. The molecule has 2 aromatic carbocycles. The van der Waals surface area contributed by atoms with Crippen LogP contribution in [0.15, 0.2) is 48.7 Å². The molecule has 3 heterocycles. The molecule has 0 radical (unpaired) electrons. The van der Waals surface area contributed by atoms with Gasteiger partial charge in [-0.25, -0.2) is 4.79 Å². The van der Waals surface area contributed by atoms with E-state index in [1.54, 1.807) is 12.1 Å². The summed E-state index contributed by atoms with van der Waals surface area (Å²) in [5.74, 6) is 3.52. The molecule has 2 fully saturated rings. The Morgan fingerprint density at radius 2 is 1.84 bits per heavy atom. The molecule has 306 valence electrons. The van der Waals surface area contributed by atoms with Crippen molar-refractivity contribution in [1.29, 1.82) is 0 Å². The number of nitrogens with zero attached hydrogens (tertiary/aromatic N) is 3. The van der Waals surface area contributed by atoms with Gasteiger partial charge in [0, 0.05) is 67.2 Å². The average Bonchev–Trinajstić information content (AvgIpc) is 3.55. The van der Waals surface area contributed by atoms with Crippen molar-refractivity contribution in [3.8, 4) is 17.2 Å². The number of carboxylic acids is 1. The van der Waals surface area contributed by atoms with Gasteiger partial charge >= 0.3 is 5.97 Å². The number of nitrogens with one attached hydrogen (secondary N) is 1. The largest absolute Gasteiger partial charge is 0.493 e. The van der Waals surface area contributed by atoms with Gasteiger partial charge in [0.15, 0.2) is 11.5 Å². The second kappa shape index (κ2) is 16.3. The summed E-state index contributed by atoms with van der Waals surface area (Å²) >= 11 is 6.33. The Bertz CT molecular complexity index is 1960. The average molecular weight is 799 g/mol. The fraction of sp³-hybridized carbons (Fsp3) is 0.587. The Labute approximate surface area is 342 Å². The van der Waals surface area contributed by atoms with Gasteiger partial charge in [-0.05, 0) is 141 Å². The third-order valence-corrected chi connectivity index (χ3v) is 14.1. The van der Waals surface area contributed by atoms with Crippen molar-refractivity contribution in [1.82, 2.24) is 14.8 Å². The minimum atomic E-state index is -1.10. The Balaban J connectivity index is 1.01. The number of fused-ring (bicyclic) bond motifs is 4. The first-order valence-corrected chi connectivity index (χ1v) is 21.5. The van der Waals surface area contributed by atoms with Gasteiger partial charge in [-0.2, -0.15) is 0 Å². The molecule has 1 aromatic heterocycles. The molecule has 2 aliphatic heterocycles. The van der Waals surface area contributed by atoms with E-state index < -0.39 is 11.5 Å². The van der Waals surface area contributed by atoms with E-state index in [1.165, 1.54) is 28.8 Å². The van der Waals surface area contributed by atoms with Crippen LogP contribution in [0.1, 0.15) is 93.5 Å². The summed E-state index contributed by atoms with van der Waals surface area (Å²) in [6.07, 6.45) is 10.2. The van der Waals surface area contributed by atoms with Gasteiger partial charge in [0.05, 0.1) is 19.8 Å². The predicted molar refractivity (Wildman–Crippen MR) is 222 cm³/mol. The number of hydrogen-bond acceptors (Lipinski definition) is 8. The van der Waals surface area contributed by atoms with Crippen LogP contribution in [0, 0.1) is 23.7 Å². The summed E-state index contributed by atoms with van der Waals surface area (Å²) in [4.78, 5) is 34.0. The van der Waals surface area contributed by atoms with E-state index in [0.29, 0.717) is 61.9 Å². The van der Waals surface area contributed by atoms with E-state index in [1.807, 2.05) is 36.3 Å². The second-order valence-electron chi connectivity index (χ2n) is 18.2. The molecule has 57 heavy (non-hydrogen) atoms. The number of aryl methyl sites for hydroxylation is 1. The first-order valence-electron chi connectivity index (χ1n) is 21.1. The molecule has 5 atom stereocenters. The highest BCUT2D eigenvalue weighted by atomic mass is 35.5. The molecule has 1 spiro atoms. The summed E-state index contributed by atoms with van der Waals surface area (Å²) in [6.45, 7) is 8.81. The third-order valence-electron chi connectivity index (χ3n) is 13.9. The lowest BCUT2D eigenvalue weighted by atomic mass is 9.59. The Morgan fingerprint density at radius 3 is 2.56 bits per heavy atom. The van der Waals surface area contributed by atoms with E-state index in [4.69, 9.17) is 25.8 Å². The molecule has 11 heteroatoms. The van der Waals surface area contributed by atoms with Crippen LogP contribution in [0.25, 0.3) is 0 Å². The zero-order valence-corrected chi connectivity index (χ0v) is 34.8. The number of rotatable bonds is 12. The maximum absolute atomic E-state index is 13.1. The van der Waals surface area contributed by atoms with Gasteiger partial charge in [-0.3, -0.25) is 9.78 Å². The van der Waals surface area contributed by atoms with Crippen molar-refractivity contribution in [3.63, 3.8) is 0 Å². The number of pyridine rings is 1. The van der Waals surface area contributed by atoms with Gasteiger partial charge in [0.1, 0.15) is 11.3 Å². The van der Waals surface area contributed by atoms with Crippen LogP contribution in [-0.2, 0) is 27.8 Å². The van der Waals surface area contributed by atoms with Crippen molar-refractivity contribution >= 4 is 29.2 Å². The maximum Gasteiger partial charge on any atom is 0.329 e. The van der Waals surface area contributed by atoms with Gasteiger partial charge in [-0.15, -0.1) is 0 Å². The van der Waals surface area contributed by atoms with Gasteiger partial charge in [0.2, 0.25) is 5.91 Å². The molecule has 1 amide bonds. The molecule has 3 aromatic rings. The van der Waals surface area contributed by atoms with Crippen LogP contribution in [0.3, 0.4) is 0 Å². The van der Waals surface area contributed by atoms with Crippen LogP contribution in [0.4, 0.5) is 5.69 Å². The second-order valence-corrected chi connectivity index (χ2v) is 18.6. The van der Waals surface area contributed by atoms with Gasteiger partial charge < -0.3 is 34.4 Å². The summed E-state index contributed by atoms with van der Waals surface area (Å²) < 4.78 is 19.7. The zero-order valence-electron chi connectivity index (χ0n) is 34.0. The summed E-state index contributed by atoms with van der Waals surface area (Å²) in [7, 11) is 4.01. The first-order chi connectivity index (χ1) is 27.4. The highest BCUT2D eigenvalue weighted by molar-refractivity contribution is 6.30. The Hall–Kier alpha value is -4.02. The van der Waals surface area contributed by atoms with Crippen LogP contribution >= 0.6 is 11.6 Å². The molecule has 5 aliphatic rings. The van der Waals surface area contributed by atoms with Crippen molar-refractivity contribution in [2.24, 2.45) is 23.7 Å². The fourth-order valence-corrected chi connectivity index (χ4v) is 11.1. The molecule has 10 nitrogen and oxygen atoms in total. The first kappa shape index (κ1) is 39.8. The van der Waals surface area contributed by atoms with E-state index in [-0.39, 0.29) is 23.2 Å². The molecule has 1 saturated carbocycles. The summed E-state index contributed by atoms with van der Waals surface area (Å²) in [5, 5.41) is 14.7. The van der Waals surface area contributed by atoms with Gasteiger partial charge in [0.25, 0.3) is 0 Å². The molecule has 8 rings (SSSR count). The number of amides is 1. The third kappa shape index (κ3) is 8.18. The van der Waals surface area contributed by atoms with Crippen LogP contribution < -0.4 is 19.5 Å². The highest BCUT2D eigenvalue weighted by Gasteiger charge is 2.54. The number of aliphatic carboxylic acids is 1. The van der Waals surface area contributed by atoms with E-state index >= 15 is 0 Å². The molecule has 2 unspecified atom stereocenters. The monoisotopic (exact) mass is 798 g/mol. The number of hydrogen-bond donors (Lipinski definition) is 2. The number of carbonyl (C=O) groups excluding carboxylic acids is 1. The van der Waals surface area contributed by atoms with Crippen molar-refractivity contribution in [2.75, 3.05) is 58.9 Å². The zero-order chi connectivity index (χ0) is 39.9. The molecule has 0 bridgehead atoms. The van der Waals surface area contributed by atoms with Crippen molar-refractivity contribution < 1.29 is 28.9 Å². The number of benzene rings is 2. The minimum absolute atomic E-state index is 0.187. The standard InChI is InChI=1S/C46H59ClN4O6/c1-29(26-55-39-11-16-48-38-10-5-7-30(2)43(38)39)17-34-19-33-20-40-41(57-28-32(27-56-40)24-50(3)23-31-18-42(52)51(4)25-31)22-37(33)45(34)12-14-46(15-13-45,44(53)54)49-36-9-6-8-35(47)21-36/h6,8-9,11,16,20-22,29-32,34,49H,5,7,10,12-15,17-19,23-28H2,1-4H3,(H,53,54)/t29-,30-,31?,32?,34+,45?,46?/m1/s1. The predicted octanol–water partition coefficient (Wildman–Crippen LogP) is 8.00. The Kier molecular flexibility index (Phi) is 11.4. The summed E-state index contributed by atoms with van der Waals surface area (Å²) in [5.41, 5.74) is 4.44. The molecule has 2 N–H and O–H groups in total. The number of ether oxygens (including phenoxy) is 3. The summed E-state index contributed by atoms with van der Waals surface area (Å²) in [6, 6.07) is 13.8. The molecule has 1 saturated heterocycles. The molecule has 3 aliphatic carbocycles. The molecular formula is C46H59ClN4O6. The van der Waals surface area contributed by atoms with Gasteiger partial charge in [-0.1, -0.05) is 31.5 Å². The van der Waals surface area contributed by atoms with E-state index in [2.05, 4.69) is 48.2 Å². The number of aromatic nitrogens is 1. The number of anilines is 1. The number of carbonyl (C=O) groups is 2. The highest BCUT2D eigenvalue weighted by Crippen LogP contribution is 2.58. The smallest absolute Gasteiger partial charge is 0.329 e.